The number of anilines is 1. The van der Waals surface area contributed by atoms with Crippen LogP contribution >= 0.6 is 0 Å². The lowest BCUT2D eigenvalue weighted by Crippen LogP contribution is -2.26. The Labute approximate surface area is 178 Å². The highest BCUT2D eigenvalue weighted by molar-refractivity contribution is 6.30. The zero-order valence-electron chi connectivity index (χ0n) is 17.0. The predicted molar refractivity (Wildman–Crippen MR) is 115 cm³/mol. The van der Waals surface area contributed by atoms with Crippen LogP contribution in [0.1, 0.15) is 53.3 Å². The summed E-state index contributed by atoms with van der Waals surface area (Å²) >= 11 is 0. The van der Waals surface area contributed by atoms with Crippen molar-refractivity contribution in [3.05, 3.63) is 99.6 Å². The summed E-state index contributed by atoms with van der Waals surface area (Å²) in [6.07, 6.45) is 0. The Bertz CT molecular complexity index is 1260. The minimum atomic E-state index is -0.605. The van der Waals surface area contributed by atoms with E-state index >= 15 is 0 Å². The summed E-state index contributed by atoms with van der Waals surface area (Å²) in [5, 5.41) is 2.60. The van der Waals surface area contributed by atoms with Gasteiger partial charge >= 0.3 is 5.97 Å². The number of esters is 1. The molecule has 6 heteroatoms. The Morgan fingerprint density at radius 1 is 0.839 bits per heavy atom. The van der Waals surface area contributed by atoms with E-state index in [9.17, 15) is 19.2 Å². The Hall–Kier alpha value is -4.06. The third-order valence-electron chi connectivity index (χ3n) is 5.17. The molecule has 154 valence electrons. The second-order valence-electron chi connectivity index (χ2n) is 7.37. The highest BCUT2D eigenvalue weighted by Gasteiger charge is 2.31. The van der Waals surface area contributed by atoms with E-state index in [0.29, 0.717) is 16.7 Å². The molecule has 0 unspecified atom stereocenters. The summed E-state index contributed by atoms with van der Waals surface area (Å²) in [5.74, 6) is -1.83. The lowest BCUT2D eigenvalue weighted by Gasteiger charge is -2.20. The molecule has 1 aliphatic rings. The standard InChI is InChI=1S/C25H19NO5/c1-14-10-11-15(2)19(12-14)25(30)31-13-21(27)26-20-9-5-8-18-22(20)24(29)17-7-4-3-6-16(17)23(18)28/h3-12H,13H2,1-2H3,(H,26,27). The van der Waals surface area contributed by atoms with E-state index in [1.54, 1.807) is 55.5 Å². The second-order valence-corrected chi connectivity index (χ2v) is 7.37. The summed E-state index contributed by atoms with van der Waals surface area (Å²) in [7, 11) is 0. The van der Waals surface area contributed by atoms with Crippen molar-refractivity contribution in [2.24, 2.45) is 0 Å². The van der Waals surface area contributed by atoms with Crippen LogP contribution in [0.25, 0.3) is 0 Å². The molecule has 3 aromatic rings. The monoisotopic (exact) mass is 413 g/mol. The third-order valence-corrected chi connectivity index (χ3v) is 5.17. The molecule has 31 heavy (non-hydrogen) atoms. The second kappa shape index (κ2) is 7.99. The van der Waals surface area contributed by atoms with E-state index in [4.69, 9.17) is 4.74 Å². The SMILES string of the molecule is Cc1ccc(C)c(C(=O)OCC(=O)Nc2cccc3c2C(=O)c2ccccc2C3=O)c1. The zero-order chi connectivity index (χ0) is 22.1. The van der Waals surface area contributed by atoms with Crippen LogP contribution in [-0.2, 0) is 9.53 Å². The Kier molecular flexibility index (Phi) is 5.21. The Balaban J connectivity index is 1.52. The molecule has 3 aromatic carbocycles. The number of rotatable bonds is 4. The summed E-state index contributed by atoms with van der Waals surface area (Å²) in [5.41, 5.74) is 3.25. The van der Waals surface area contributed by atoms with Crippen LogP contribution in [-0.4, -0.2) is 30.0 Å². The number of hydrogen-bond acceptors (Lipinski definition) is 5. The summed E-state index contributed by atoms with van der Waals surface area (Å²) in [6, 6.07) is 16.7. The summed E-state index contributed by atoms with van der Waals surface area (Å²) in [4.78, 5) is 50.5. The summed E-state index contributed by atoms with van der Waals surface area (Å²) < 4.78 is 5.14. The average Bonchev–Trinajstić information content (AvgIpc) is 2.77. The van der Waals surface area contributed by atoms with Crippen LogP contribution in [0.15, 0.2) is 60.7 Å². The first-order chi connectivity index (χ1) is 14.9. The van der Waals surface area contributed by atoms with Gasteiger partial charge in [0.15, 0.2) is 18.2 Å². The minimum absolute atomic E-state index is 0.139. The maximum absolute atomic E-state index is 13.0. The lowest BCUT2D eigenvalue weighted by atomic mass is 9.83. The smallest absolute Gasteiger partial charge is 0.338 e. The number of carbonyl (C=O) groups excluding carboxylic acids is 4. The third kappa shape index (κ3) is 3.75. The van der Waals surface area contributed by atoms with Gasteiger partial charge in [0.05, 0.1) is 16.8 Å². The molecule has 0 fully saturated rings. The van der Waals surface area contributed by atoms with Crippen molar-refractivity contribution < 1.29 is 23.9 Å². The van der Waals surface area contributed by atoms with Crippen molar-refractivity contribution in [1.29, 1.82) is 0 Å². The molecule has 0 spiro atoms. The average molecular weight is 413 g/mol. The number of ether oxygens (including phenoxy) is 1. The predicted octanol–water partition coefficient (Wildman–Crippen LogP) is 3.87. The van der Waals surface area contributed by atoms with E-state index in [0.717, 1.165) is 11.1 Å². The Morgan fingerprint density at radius 3 is 2.26 bits per heavy atom. The van der Waals surface area contributed by atoms with Crippen LogP contribution in [0.5, 0.6) is 0 Å². The van der Waals surface area contributed by atoms with Crippen molar-refractivity contribution in [3.8, 4) is 0 Å². The van der Waals surface area contributed by atoms with E-state index in [1.165, 1.54) is 0 Å². The van der Waals surface area contributed by atoms with Crippen molar-refractivity contribution in [3.63, 3.8) is 0 Å². The molecule has 0 saturated carbocycles. The van der Waals surface area contributed by atoms with Crippen molar-refractivity contribution >= 4 is 29.1 Å². The van der Waals surface area contributed by atoms with Crippen molar-refractivity contribution in [2.75, 3.05) is 11.9 Å². The number of hydrogen-bond donors (Lipinski definition) is 1. The van der Waals surface area contributed by atoms with Gasteiger partial charge in [-0.3, -0.25) is 14.4 Å². The molecule has 0 aromatic heterocycles. The molecule has 1 N–H and O–H groups in total. The first-order valence-electron chi connectivity index (χ1n) is 9.72. The highest BCUT2D eigenvalue weighted by Crippen LogP contribution is 2.31. The van der Waals surface area contributed by atoms with E-state index in [-0.39, 0.29) is 28.4 Å². The Morgan fingerprint density at radius 2 is 1.52 bits per heavy atom. The van der Waals surface area contributed by atoms with Crippen LogP contribution < -0.4 is 5.32 Å². The maximum Gasteiger partial charge on any atom is 0.338 e. The van der Waals surface area contributed by atoms with Crippen LogP contribution in [0.2, 0.25) is 0 Å². The van der Waals surface area contributed by atoms with E-state index < -0.39 is 18.5 Å². The quantitative estimate of drug-likeness (QED) is 0.513. The maximum atomic E-state index is 13.0. The van der Waals surface area contributed by atoms with Gasteiger partial charge in [0, 0.05) is 16.7 Å². The van der Waals surface area contributed by atoms with Gasteiger partial charge in [0.25, 0.3) is 5.91 Å². The molecule has 0 heterocycles. The summed E-state index contributed by atoms with van der Waals surface area (Å²) in [6.45, 7) is 3.12. The number of benzene rings is 3. The molecule has 1 aliphatic carbocycles. The van der Waals surface area contributed by atoms with Gasteiger partial charge in [0.1, 0.15) is 0 Å². The number of fused-ring (bicyclic) bond motifs is 2. The normalized spacial score (nSPS) is 12.1. The molecule has 0 aliphatic heterocycles. The number of amides is 1. The fraction of sp³-hybridized carbons (Fsp3) is 0.120. The molecule has 6 nitrogen and oxygen atoms in total. The van der Waals surface area contributed by atoms with Crippen LogP contribution in [0.4, 0.5) is 5.69 Å². The molecule has 0 radical (unpaired) electrons. The molecular formula is C25H19NO5. The first-order valence-corrected chi connectivity index (χ1v) is 9.72. The minimum Gasteiger partial charge on any atom is -0.452 e. The van der Waals surface area contributed by atoms with Gasteiger partial charge in [-0.25, -0.2) is 4.79 Å². The van der Waals surface area contributed by atoms with Gasteiger partial charge in [-0.2, -0.15) is 0 Å². The van der Waals surface area contributed by atoms with E-state index in [1.807, 2.05) is 19.1 Å². The molecule has 0 saturated heterocycles. The topological polar surface area (TPSA) is 89.5 Å². The first kappa shape index (κ1) is 20.2. The van der Waals surface area contributed by atoms with Crippen LogP contribution in [0.3, 0.4) is 0 Å². The number of ketones is 2. The zero-order valence-corrected chi connectivity index (χ0v) is 17.0. The molecule has 4 rings (SSSR count). The van der Waals surface area contributed by atoms with E-state index in [2.05, 4.69) is 5.32 Å². The largest absolute Gasteiger partial charge is 0.452 e. The fourth-order valence-corrected chi connectivity index (χ4v) is 3.60. The lowest BCUT2D eigenvalue weighted by molar-refractivity contribution is -0.119. The van der Waals surface area contributed by atoms with Gasteiger partial charge in [-0.05, 0) is 31.5 Å². The highest BCUT2D eigenvalue weighted by atomic mass is 16.5. The molecule has 0 bridgehead atoms. The molecule has 1 amide bonds. The van der Waals surface area contributed by atoms with Crippen molar-refractivity contribution in [1.82, 2.24) is 0 Å². The van der Waals surface area contributed by atoms with Crippen molar-refractivity contribution in [2.45, 2.75) is 13.8 Å². The van der Waals surface area contributed by atoms with Crippen LogP contribution in [0, 0.1) is 13.8 Å². The fourth-order valence-electron chi connectivity index (χ4n) is 3.60. The van der Waals surface area contributed by atoms with Gasteiger partial charge in [-0.15, -0.1) is 0 Å². The number of carbonyl (C=O) groups is 4. The van der Waals surface area contributed by atoms with Gasteiger partial charge in [0.2, 0.25) is 0 Å². The van der Waals surface area contributed by atoms with Gasteiger partial charge in [-0.1, -0.05) is 54.1 Å². The number of nitrogens with one attached hydrogen (secondary N) is 1. The van der Waals surface area contributed by atoms with Gasteiger partial charge < -0.3 is 10.1 Å². The molecular weight excluding hydrogens is 394 g/mol. The molecule has 0 atom stereocenters. The number of aryl methyl sites for hydroxylation is 2.